The molecule has 26 heavy (non-hydrogen) atoms. The van der Waals surface area contributed by atoms with Gasteiger partial charge in [0.25, 0.3) is 11.8 Å². The number of hydrogen-bond acceptors (Lipinski definition) is 3. The first-order valence-corrected chi connectivity index (χ1v) is 9.04. The van der Waals surface area contributed by atoms with Crippen LogP contribution in [0.5, 0.6) is 5.75 Å². The minimum Gasteiger partial charge on any atom is -0.481 e. The highest BCUT2D eigenvalue weighted by Crippen LogP contribution is 2.22. The number of halogens is 1. The minimum atomic E-state index is -0.733. The molecule has 0 unspecified atom stereocenters. The number of carbonyl (C=O) groups excluding carboxylic acids is 2. The number of rotatable bonds is 5. The van der Waals surface area contributed by atoms with Crippen LogP contribution >= 0.6 is 11.6 Å². The molecule has 1 heterocycles. The summed E-state index contributed by atoms with van der Waals surface area (Å²) in [6.45, 7) is 3.17. The molecule has 0 aromatic heterocycles. The zero-order chi connectivity index (χ0) is 18.5. The van der Waals surface area contributed by atoms with Crippen molar-refractivity contribution in [2.45, 2.75) is 25.9 Å². The Labute approximate surface area is 157 Å². The summed E-state index contributed by atoms with van der Waals surface area (Å²) in [4.78, 5) is 27.0. The molecule has 136 valence electrons. The Morgan fingerprint density at radius 3 is 2.58 bits per heavy atom. The Morgan fingerprint density at radius 2 is 1.85 bits per heavy atom. The van der Waals surface area contributed by atoms with Gasteiger partial charge in [0.2, 0.25) is 0 Å². The molecule has 5 nitrogen and oxygen atoms in total. The van der Waals surface area contributed by atoms with Crippen LogP contribution in [0.15, 0.2) is 48.5 Å². The molecule has 2 aromatic carbocycles. The van der Waals surface area contributed by atoms with Crippen molar-refractivity contribution in [3.8, 4) is 5.75 Å². The van der Waals surface area contributed by atoms with Gasteiger partial charge in [0.05, 0.1) is 11.3 Å². The molecule has 6 heteroatoms. The lowest BCUT2D eigenvalue weighted by atomic mass is 10.1. The molecule has 1 N–H and O–H groups in total. The second-order valence-corrected chi connectivity index (χ2v) is 6.69. The van der Waals surface area contributed by atoms with Crippen LogP contribution in [-0.2, 0) is 4.79 Å². The van der Waals surface area contributed by atoms with Crippen molar-refractivity contribution in [1.29, 1.82) is 0 Å². The first kappa shape index (κ1) is 18.3. The molecule has 0 bridgehead atoms. The molecule has 2 amide bonds. The summed E-state index contributed by atoms with van der Waals surface area (Å²) in [5.41, 5.74) is 0.994. The van der Waals surface area contributed by atoms with E-state index in [0.29, 0.717) is 22.0 Å². The summed E-state index contributed by atoms with van der Waals surface area (Å²) in [6.07, 6.45) is 1.30. The topological polar surface area (TPSA) is 58.6 Å². The molecule has 1 fully saturated rings. The van der Waals surface area contributed by atoms with Gasteiger partial charge in [-0.05, 0) is 50.1 Å². The van der Waals surface area contributed by atoms with E-state index in [1.165, 1.54) is 0 Å². The molecule has 3 rings (SSSR count). The fourth-order valence-electron chi connectivity index (χ4n) is 2.90. The van der Waals surface area contributed by atoms with Gasteiger partial charge >= 0.3 is 0 Å². The van der Waals surface area contributed by atoms with Crippen molar-refractivity contribution >= 4 is 29.1 Å². The highest BCUT2D eigenvalue weighted by Gasteiger charge is 2.23. The average molecular weight is 373 g/mol. The molecule has 0 aliphatic carbocycles. The third kappa shape index (κ3) is 4.35. The third-order valence-corrected chi connectivity index (χ3v) is 4.52. The molecule has 2 aromatic rings. The summed E-state index contributed by atoms with van der Waals surface area (Å²) in [6, 6.07) is 13.9. The predicted octanol–water partition coefficient (Wildman–Crippen LogP) is 3.98. The second-order valence-electron chi connectivity index (χ2n) is 6.25. The van der Waals surface area contributed by atoms with Gasteiger partial charge in [-0.3, -0.25) is 9.59 Å². The van der Waals surface area contributed by atoms with Gasteiger partial charge in [-0.15, -0.1) is 0 Å². The number of anilines is 1. The lowest BCUT2D eigenvalue weighted by molar-refractivity contribution is -0.122. The Bertz CT molecular complexity index is 803. The van der Waals surface area contributed by atoms with Gasteiger partial charge in [-0.25, -0.2) is 0 Å². The van der Waals surface area contributed by atoms with E-state index in [-0.39, 0.29) is 11.8 Å². The van der Waals surface area contributed by atoms with E-state index in [2.05, 4.69) is 5.32 Å². The van der Waals surface area contributed by atoms with Crippen molar-refractivity contribution in [3.05, 3.63) is 59.1 Å². The Kier molecular flexibility index (Phi) is 5.78. The number of benzene rings is 2. The largest absolute Gasteiger partial charge is 0.481 e. The molecule has 0 radical (unpaired) electrons. The summed E-state index contributed by atoms with van der Waals surface area (Å²) in [5.74, 6) is 0.134. The molecule has 0 spiro atoms. The van der Waals surface area contributed by atoms with Gasteiger partial charge in [0.1, 0.15) is 5.75 Å². The summed E-state index contributed by atoms with van der Waals surface area (Å²) < 4.78 is 5.64. The number of nitrogens with zero attached hydrogens (tertiary/aromatic N) is 1. The number of likely N-dealkylation sites (tertiary alicyclic amines) is 1. The van der Waals surface area contributed by atoms with Crippen molar-refractivity contribution in [1.82, 2.24) is 4.90 Å². The van der Waals surface area contributed by atoms with Crippen LogP contribution in [0, 0.1) is 0 Å². The van der Waals surface area contributed by atoms with E-state index in [9.17, 15) is 9.59 Å². The number of nitrogens with one attached hydrogen (secondary N) is 1. The number of hydrogen-bond donors (Lipinski definition) is 1. The molecular formula is C20H21ClN2O3. The fourth-order valence-corrected chi connectivity index (χ4v) is 3.08. The summed E-state index contributed by atoms with van der Waals surface area (Å²) >= 11 is 5.93. The maximum atomic E-state index is 12.7. The van der Waals surface area contributed by atoms with Gasteiger partial charge in [-0.1, -0.05) is 29.8 Å². The average Bonchev–Trinajstić information content (AvgIpc) is 3.16. The standard InChI is InChI=1S/C20H21ClN2O3/c1-14(26-16-8-6-7-15(21)13-16)19(24)22-18-10-3-2-9-17(18)20(25)23-11-4-5-12-23/h2-3,6-10,13-14H,4-5,11-12H2,1H3,(H,22,24)/t14-/m1/s1. The lowest BCUT2D eigenvalue weighted by Crippen LogP contribution is -2.32. The van der Waals surface area contributed by atoms with Crippen LogP contribution in [0.25, 0.3) is 0 Å². The van der Waals surface area contributed by atoms with E-state index in [4.69, 9.17) is 16.3 Å². The Balaban J connectivity index is 1.70. The highest BCUT2D eigenvalue weighted by molar-refractivity contribution is 6.30. The van der Waals surface area contributed by atoms with Crippen LogP contribution in [0.2, 0.25) is 5.02 Å². The van der Waals surface area contributed by atoms with E-state index >= 15 is 0 Å². The van der Waals surface area contributed by atoms with Crippen molar-refractivity contribution in [3.63, 3.8) is 0 Å². The Morgan fingerprint density at radius 1 is 1.12 bits per heavy atom. The first-order valence-electron chi connectivity index (χ1n) is 8.66. The van der Waals surface area contributed by atoms with E-state index in [1.807, 2.05) is 4.90 Å². The lowest BCUT2D eigenvalue weighted by Gasteiger charge is -2.19. The van der Waals surface area contributed by atoms with Crippen LogP contribution in [0.3, 0.4) is 0 Å². The van der Waals surface area contributed by atoms with Crippen LogP contribution in [0.1, 0.15) is 30.1 Å². The molecule has 1 atom stereocenters. The zero-order valence-corrected chi connectivity index (χ0v) is 15.3. The van der Waals surface area contributed by atoms with Crippen molar-refractivity contribution < 1.29 is 14.3 Å². The monoisotopic (exact) mass is 372 g/mol. The smallest absolute Gasteiger partial charge is 0.265 e. The van der Waals surface area contributed by atoms with Gasteiger partial charge < -0.3 is 15.0 Å². The van der Waals surface area contributed by atoms with Gasteiger partial charge in [0.15, 0.2) is 6.10 Å². The summed E-state index contributed by atoms with van der Waals surface area (Å²) in [5, 5.41) is 3.34. The molecular weight excluding hydrogens is 352 g/mol. The quantitative estimate of drug-likeness (QED) is 0.863. The van der Waals surface area contributed by atoms with E-state index in [0.717, 1.165) is 25.9 Å². The maximum Gasteiger partial charge on any atom is 0.265 e. The Hall–Kier alpha value is -2.53. The fraction of sp³-hybridized carbons (Fsp3) is 0.300. The molecule has 1 aliphatic rings. The molecule has 0 saturated carbocycles. The number of para-hydroxylation sites is 1. The zero-order valence-electron chi connectivity index (χ0n) is 14.6. The summed E-state index contributed by atoms with van der Waals surface area (Å²) in [7, 11) is 0. The first-order chi connectivity index (χ1) is 12.5. The molecule has 1 aliphatic heterocycles. The SMILES string of the molecule is C[C@@H](Oc1cccc(Cl)c1)C(=O)Nc1ccccc1C(=O)N1CCCC1. The van der Waals surface area contributed by atoms with Gasteiger partial charge in [-0.2, -0.15) is 0 Å². The van der Waals surface area contributed by atoms with E-state index in [1.54, 1.807) is 55.5 Å². The number of amides is 2. The van der Waals surface area contributed by atoms with Crippen molar-refractivity contribution in [2.75, 3.05) is 18.4 Å². The molecule has 1 saturated heterocycles. The minimum absolute atomic E-state index is 0.0539. The van der Waals surface area contributed by atoms with Crippen LogP contribution in [0.4, 0.5) is 5.69 Å². The third-order valence-electron chi connectivity index (χ3n) is 4.29. The predicted molar refractivity (Wildman–Crippen MR) is 102 cm³/mol. The maximum absolute atomic E-state index is 12.7. The van der Waals surface area contributed by atoms with Crippen molar-refractivity contribution in [2.24, 2.45) is 0 Å². The number of carbonyl (C=O) groups is 2. The second kappa shape index (κ2) is 8.23. The van der Waals surface area contributed by atoms with Crippen LogP contribution < -0.4 is 10.1 Å². The van der Waals surface area contributed by atoms with E-state index < -0.39 is 6.10 Å². The number of ether oxygens (including phenoxy) is 1. The normalized spacial score (nSPS) is 14.8. The highest BCUT2D eigenvalue weighted by atomic mass is 35.5. The van der Waals surface area contributed by atoms with Gasteiger partial charge in [0, 0.05) is 18.1 Å². The van der Waals surface area contributed by atoms with Crippen LogP contribution in [-0.4, -0.2) is 35.9 Å².